The van der Waals surface area contributed by atoms with Crippen molar-refractivity contribution in [2.45, 2.75) is 6.61 Å². The summed E-state index contributed by atoms with van der Waals surface area (Å²) >= 11 is 1.44. The largest absolute Gasteiger partial charge is 0.453 e. The zero-order valence-corrected chi connectivity index (χ0v) is 18.5. The number of nitrogens with zero attached hydrogens (tertiary/aromatic N) is 2. The quantitative estimate of drug-likeness (QED) is 0.284. The Morgan fingerprint density at radius 3 is 2.79 bits per heavy atom. The number of aromatic nitrogens is 2. The molecule has 4 aromatic rings. The van der Waals surface area contributed by atoms with Crippen LogP contribution in [-0.4, -0.2) is 36.3 Å². The van der Waals surface area contributed by atoms with Crippen LogP contribution in [0, 0.1) is 5.82 Å². The number of amides is 1. The Labute approximate surface area is 193 Å². The highest BCUT2D eigenvalue weighted by Crippen LogP contribution is 2.39. The number of nitrogens with two attached hydrogens (primary N) is 1. The van der Waals surface area contributed by atoms with Crippen LogP contribution in [0.4, 0.5) is 14.9 Å². The molecule has 0 unspecified atom stereocenters. The monoisotopic (exact) mass is 468 g/mol. The van der Waals surface area contributed by atoms with Crippen molar-refractivity contribution in [2.24, 2.45) is 0 Å². The molecule has 3 heterocycles. The van der Waals surface area contributed by atoms with E-state index in [1.807, 2.05) is 18.2 Å². The molecular weight excluding hydrogens is 447 g/mol. The van der Waals surface area contributed by atoms with E-state index in [2.05, 4.69) is 15.3 Å². The number of thiophene rings is 1. The minimum Gasteiger partial charge on any atom is -0.453 e. The van der Waals surface area contributed by atoms with E-state index in [1.165, 1.54) is 23.5 Å². The number of ether oxygens (including phenoxy) is 3. The molecule has 8 nitrogen and oxygen atoms in total. The van der Waals surface area contributed by atoms with Crippen LogP contribution in [0.25, 0.3) is 20.8 Å². The fraction of sp³-hybridized carbons (Fsp3) is 0.174. The summed E-state index contributed by atoms with van der Waals surface area (Å²) in [4.78, 5) is 21.3. The number of hydrogen-bond acceptors (Lipinski definition) is 8. The van der Waals surface area contributed by atoms with Crippen LogP contribution >= 0.6 is 11.3 Å². The van der Waals surface area contributed by atoms with Crippen molar-refractivity contribution >= 4 is 33.3 Å². The second kappa shape index (κ2) is 10.2. The fourth-order valence-corrected chi connectivity index (χ4v) is 3.99. The zero-order chi connectivity index (χ0) is 23.2. The first-order valence-electron chi connectivity index (χ1n) is 10.00. The smallest absolute Gasteiger partial charge is 0.407 e. The number of methoxy groups -OCH3 is 1. The number of halogens is 1. The van der Waals surface area contributed by atoms with Crippen molar-refractivity contribution in [1.82, 2.24) is 15.3 Å². The first-order valence-corrected chi connectivity index (χ1v) is 10.8. The van der Waals surface area contributed by atoms with Crippen molar-refractivity contribution in [3.8, 4) is 22.1 Å². The van der Waals surface area contributed by atoms with Crippen LogP contribution in [0.2, 0.25) is 0 Å². The zero-order valence-electron chi connectivity index (χ0n) is 17.7. The van der Waals surface area contributed by atoms with Gasteiger partial charge >= 0.3 is 6.09 Å². The van der Waals surface area contributed by atoms with Crippen LogP contribution < -0.4 is 15.8 Å². The molecule has 0 aliphatic heterocycles. The van der Waals surface area contributed by atoms with Gasteiger partial charge in [-0.3, -0.25) is 9.97 Å². The minimum absolute atomic E-state index is 0.0837. The lowest BCUT2D eigenvalue weighted by atomic mass is 10.2. The topological polar surface area (TPSA) is 109 Å². The first-order chi connectivity index (χ1) is 16.0. The summed E-state index contributed by atoms with van der Waals surface area (Å²) in [6.45, 7) is 0.894. The molecule has 10 heteroatoms. The molecule has 0 aliphatic carbocycles. The maximum atomic E-state index is 14.2. The maximum absolute atomic E-state index is 14.2. The fourth-order valence-electron chi connectivity index (χ4n) is 2.95. The third-order valence-corrected chi connectivity index (χ3v) is 5.74. The van der Waals surface area contributed by atoms with E-state index in [9.17, 15) is 9.18 Å². The molecule has 0 atom stereocenters. The van der Waals surface area contributed by atoms with E-state index in [4.69, 9.17) is 19.9 Å². The van der Waals surface area contributed by atoms with E-state index < -0.39 is 11.9 Å². The van der Waals surface area contributed by atoms with Gasteiger partial charge < -0.3 is 25.3 Å². The van der Waals surface area contributed by atoms with Gasteiger partial charge in [0.05, 0.1) is 27.4 Å². The highest BCUT2D eigenvalue weighted by molar-refractivity contribution is 7.22. The second-order valence-electron chi connectivity index (χ2n) is 6.97. The molecule has 0 saturated carbocycles. The molecule has 170 valence electrons. The van der Waals surface area contributed by atoms with Crippen LogP contribution in [0.1, 0.15) is 5.56 Å². The Balaban J connectivity index is 1.47. The number of nitrogens with one attached hydrogen (secondary N) is 1. The molecule has 0 spiro atoms. The van der Waals surface area contributed by atoms with E-state index in [-0.39, 0.29) is 12.4 Å². The van der Waals surface area contributed by atoms with Gasteiger partial charge in [-0.15, -0.1) is 11.3 Å². The third-order valence-electron chi connectivity index (χ3n) is 4.57. The third kappa shape index (κ3) is 5.54. The number of hydrogen-bond donors (Lipinski definition) is 2. The lowest BCUT2D eigenvalue weighted by Gasteiger charge is -2.07. The standard InChI is InChI=1S/C23H21FN4O4S/c1-30-9-8-27-23(29)31-13-14-2-4-17(28-12-14)21-11-18-22(33-21)20(6-7-26-18)32-19-5-3-15(25)10-16(19)24/h2-7,10-12H,8-9,13,25H2,1H3,(H,27,29). The number of carbonyl (C=O) groups is 1. The maximum Gasteiger partial charge on any atom is 0.407 e. The van der Waals surface area contributed by atoms with Crippen LogP contribution in [-0.2, 0) is 16.1 Å². The summed E-state index contributed by atoms with van der Waals surface area (Å²) in [5.41, 5.74) is 8.13. The predicted octanol–water partition coefficient (Wildman–Crippen LogP) is 4.74. The number of pyridine rings is 2. The highest BCUT2D eigenvalue weighted by atomic mass is 32.1. The number of rotatable bonds is 8. The van der Waals surface area contributed by atoms with Crippen molar-refractivity contribution in [3.05, 3.63) is 66.2 Å². The Bertz CT molecular complexity index is 1260. The van der Waals surface area contributed by atoms with Gasteiger partial charge in [0.15, 0.2) is 11.6 Å². The van der Waals surface area contributed by atoms with Gasteiger partial charge in [-0.1, -0.05) is 6.07 Å². The second-order valence-corrected chi connectivity index (χ2v) is 8.03. The Hall–Kier alpha value is -3.76. The lowest BCUT2D eigenvalue weighted by molar-refractivity contribution is 0.133. The molecule has 4 rings (SSSR count). The molecule has 1 aromatic carbocycles. The van der Waals surface area contributed by atoms with Gasteiger partial charge in [0.1, 0.15) is 12.4 Å². The molecule has 3 aromatic heterocycles. The van der Waals surface area contributed by atoms with Crippen LogP contribution in [0.5, 0.6) is 11.5 Å². The number of anilines is 1. The van der Waals surface area contributed by atoms with Crippen molar-refractivity contribution < 1.29 is 23.4 Å². The normalized spacial score (nSPS) is 10.8. The highest BCUT2D eigenvalue weighted by Gasteiger charge is 2.13. The summed E-state index contributed by atoms with van der Waals surface area (Å²) in [6.07, 6.45) is 2.74. The Kier molecular flexibility index (Phi) is 6.96. The molecule has 33 heavy (non-hydrogen) atoms. The van der Waals surface area contributed by atoms with E-state index in [1.54, 1.807) is 31.6 Å². The van der Waals surface area contributed by atoms with Crippen LogP contribution in [0.15, 0.2) is 54.9 Å². The SMILES string of the molecule is COCCNC(=O)OCc1ccc(-c2cc3nccc(Oc4ccc(N)cc4F)c3s2)nc1. The van der Waals surface area contributed by atoms with Gasteiger partial charge in [-0.25, -0.2) is 9.18 Å². The summed E-state index contributed by atoms with van der Waals surface area (Å²) in [5, 5.41) is 2.58. The van der Waals surface area contributed by atoms with Crippen molar-refractivity contribution in [1.29, 1.82) is 0 Å². The molecule has 3 N–H and O–H groups in total. The summed E-state index contributed by atoms with van der Waals surface area (Å²) in [6, 6.07) is 11.5. The molecule has 1 amide bonds. The van der Waals surface area contributed by atoms with E-state index in [0.29, 0.717) is 30.1 Å². The van der Waals surface area contributed by atoms with Crippen LogP contribution in [0.3, 0.4) is 0 Å². The van der Waals surface area contributed by atoms with Gasteiger partial charge in [-0.2, -0.15) is 0 Å². The molecule has 0 fully saturated rings. The number of carbonyl (C=O) groups excluding carboxylic acids is 1. The molecule has 0 saturated heterocycles. The number of benzene rings is 1. The average Bonchev–Trinajstić information content (AvgIpc) is 3.25. The predicted molar refractivity (Wildman–Crippen MR) is 124 cm³/mol. The number of nitrogen functional groups attached to an aromatic ring is 1. The van der Waals surface area contributed by atoms with Crippen molar-refractivity contribution in [3.63, 3.8) is 0 Å². The van der Waals surface area contributed by atoms with Gasteiger partial charge in [-0.05, 0) is 24.3 Å². The summed E-state index contributed by atoms with van der Waals surface area (Å²) < 4.78 is 30.7. The van der Waals surface area contributed by atoms with Gasteiger partial charge in [0.2, 0.25) is 0 Å². The lowest BCUT2D eigenvalue weighted by Crippen LogP contribution is -2.27. The molecular formula is C23H21FN4O4S. The van der Waals surface area contributed by atoms with Gasteiger partial charge in [0, 0.05) is 49.4 Å². The molecule has 0 aliphatic rings. The number of alkyl carbamates (subject to hydrolysis) is 1. The summed E-state index contributed by atoms with van der Waals surface area (Å²) in [5.74, 6) is 0.0356. The molecule has 0 radical (unpaired) electrons. The van der Waals surface area contributed by atoms with E-state index in [0.717, 1.165) is 20.8 Å². The average molecular weight is 469 g/mol. The number of fused-ring (bicyclic) bond motifs is 1. The van der Waals surface area contributed by atoms with Gasteiger partial charge in [0.25, 0.3) is 0 Å². The molecule has 0 bridgehead atoms. The van der Waals surface area contributed by atoms with E-state index >= 15 is 0 Å². The minimum atomic E-state index is -0.538. The summed E-state index contributed by atoms with van der Waals surface area (Å²) in [7, 11) is 1.56. The Morgan fingerprint density at radius 1 is 1.15 bits per heavy atom. The van der Waals surface area contributed by atoms with Crippen molar-refractivity contribution in [2.75, 3.05) is 26.0 Å². The Morgan fingerprint density at radius 2 is 2.03 bits per heavy atom. The first kappa shape index (κ1) is 22.4.